The van der Waals surface area contributed by atoms with E-state index in [2.05, 4.69) is 5.43 Å². The Bertz CT molecular complexity index is 2080. The Kier molecular flexibility index (Phi) is 9.00. The van der Waals surface area contributed by atoms with Crippen molar-refractivity contribution in [2.24, 2.45) is 29.6 Å². The minimum atomic E-state index is -1.56. The van der Waals surface area contributed by atoms with Crippen LogP contribution in [-0.2, 0) is 29.3 Å². The summed E-state index contributed by atoms with van der Waals surface area (Å²) in [7, 11) is 4.04. The average Bonchev–Trinajstić information content (AvgIpc) is 3.53. The number of fused-ring (bicyclic) bond motifs is 4. The highest BCUT2D eigenvalue weighted by Crippen LogP contribution is 2.61. The first-order chi connectivity index (χ1) is 25.0. The lowest BCUT2D eigenvalue weighted by atomic mass is 9.50. The third-order valence-electron chi connectivity index (χ3n) is 10.7. The first-order valence-electron chi connectivity index (χ1n) is 16.4. The van der Waals surface area contributed by atoms with E-state index in [0.717, 1.165) is 12.1 Å². The lowest BCUT2D eigenvalue weighted by molar-refractivity contribution is -0.140. The predicted molar refractivity (Wildman–Crippen MR) is 189 cm³/mol. The summed E-state index contributed by atoms with van der Waals surface area (Å²) in [5.74, 6) is -6.22. The molecule has 2 saturated heterocycles. The van der Waals surface area contributed by atoms with Crippen LogP contribution in [0.1, 0.15) is 24.0 Å². The second-order valence-electron chi connectivity index (χ2n) is 13.0. The zero-order valence-corrected chi connectivity index (χ0v) is 29.7. The monoisotopic (exact) mass is 745 g/mol. The Morgan fingerprint density at radius 2 is 1.67 bits per heavy atom. The minimum Gasteiger partial charge on any atom is -0.504 e. The quantitative estimate of drug-likeness (QED) is 0.217. The fourth-order valence-corrected chi connectivity index (χ4v) is 8.82. The molecule has 0 unspecified atom stereocenters. The van der Waals surface area contributed by atoms with Crippen molar-refractivity contribution in [3.05, 3.63) is 99.6 Å². The predicted octanol–water partition coefficient (Wildman–Crippen LogP) is 6.01. The molecule has 52 heavy (non-hydrogen) atoms. The molecule has 1 saturated carbocycles. The second kappa shape index (κ2) is 13.3. The first kappa shape index (κ1) is 35.1. The smallest absolute Gasteiger partial charge is 0.423 e. The standard InChI is InChI=1S/C38H33Cl2N3O9/c1-50-22-9-6-20(7-10-22)38-26(13-4-19-5-15-30(44)31(16-19)51-2)23-11-12-24-32(35(47)42(33(24)45)37(49)52-3)25(23)18-27(38)34(46)43(36(38)48)41-29-14-8-21(39)17-28(29)40/h4-11,13-17,24-27,32,41,44H,12,18H2,1-3H3/t24-,25+,26-,27-,32-,38-/m0/s1. The van der Waals surface area contributed by atoms with E-state index in [1.54, 1.807) is 54.6 Å². The molecule has 3 aromatic carbocycles. The zero-order valence-electron chi connectivity index (χ0n) is 28.2. The highest BCUT2D eigenvalue weighted by molar-refractivity contribution is 6.36. The maximum atomic E-state index is 15.2. The van der Waals surface area contributed by atoms with E-state index >= 15 is 4.79 Å². The number of methoxy groups -OCH3 is 3. The molecule has 14 heteroatoms. The van der Waals surface area contributed by atoms with Gasteiger partial charge in [-0.2, -0.15) is 9.91 Å². The number of ether oxygens (including phenoxy) is 3. The Morgan fingerprint density at radius 1 is 0.923 bits per heavy atom. The third-order valence-corrected chi connectivity index (χ3v) is 11.2. The number of benzene rings is 3. The number of allylic oxidation sites excluding steroid dienone is 3. The fraction of sp³-hybridized carbons (Fsp3) is 0.289. The summed E-state index contributed by atoms with van der Waals surface area (Å²) in [6.07, 6.45) is 4.49. The Balaban J connectivity index is 1.43. The van der Waals surface area contributed by atoms with Crippen LogP contribution >= 0.6 is 23.2 Å². The number of anilines is 1. The van der Waals surface area contributed by atoms with Crippen molar-refractivity contribution in [2.45, 2.75) is 18.3 Å². The number of hydrogen-bond acceptors (Lipinski definition) is 10. The maximum absolute atomic E-state index is 15.2. The summed E-state index contributed by atoms with van der Waals surface area (Å²) < 4.78 is 15.5. The lowest BCUT2D eigenvalue weighted by Gasteiger charge is -2.49. The second-order valence-corrected chi connectivity index (χ2v) is 13.9. The van der Waals surface area contributed by atoms with Crippen LogP contribution in [0.2, 0.25) is 10.0 Å². The number of amides is 5. The summed E-state index contributed by atoms with van der Waals surface area (Å²) in [6.45, 7) is 0. The Hall–Kier alpha value is -5.33. The van der Waals surface area contributed by atoms with Gasteiger partial charge in [0, 0.05) is 10.9 Å². The number of rotatable bonds is 7. The molecule has 2 heterocycles. The number of imide groups is 4. The number of aromatic hydroxyl groups is 1. The van der Waals surface area contributed by atoms with Crippen molar-refractivity contribution in [2.75, 3.05) is 26.8 Å². The molecule has 7 rings (SSSR count). The molecule has 12 nitrogen and oxygen atoms in total. The van der Waals surface area contributed by atoms with E-state index in [1.165, 1.54) is 26.4 Å². The van der Waals surface area contributed by atoms with Gasteiger partial charge in [0.2, 0.25) is 11.8 Å². The number of halogens is 2. The van der Waals surface area contributed by atoms with Crippen LogP contribution in [0, 0.1) is 29.6 Å². The van der Waals surface area contributed by atoms with Crippen molar-refractivity contribution < 1.29 is 43.3 Å². The van der Waals surface area contributed by atoms with Gasteiger partial charge in [0.1, 0.15) is 5.75 Å². The van der Waals surface area contributed by atoms with Crippen molar-refractivity contribution in [3.63, 3.8) is 0 Å². The van der Waals surface area contributed by atoms with Gasteiger partial charge in [0.25, 0.3) is 11.8 Å². The summed E-state index contributed by atoms with van der Waals surface area (Å²) in [5, 5.41) is 11.7. The number of hydrogen-bond donors (Lipinski definition) is 2. The van der Waals surface area contributed by atoms with Crippen molar-refractivity contribution in [1.82, 2.24) is 9.91 Å². The number of likely N-dealkylation sites (tertiary alicyclic amines) is 1. The summed E-state index contributed by atoms with van der Waals surface area (Å²) in [6, 6.07) is 16.3. The van der Waals surface area contributed by atoms with Crippen molar-refractivity contribution in [1.29, 1.82) is 0 Å². The number of carbonyl (C=O) groups is 5. The van der Waals surface area contributed by atoms with Crippen LogP contribution in [0.15, 0.2) is 78.4 Å². The van der Waals surface area contributed by atoms with Gasteiger partial charge in [-0.1, -0.05) is 65.2 Å². The van der Waals surface area contributed by atoms with Gasteiger partial charge in [0.05, 0.1) is 55.2 Å². The molecule has 0 spiro atoms. The maximum Gasteiger partial charge on any atom is 0.423 e. The third kappa shape index (κ3) is 5.31. The Morgan fingerprint density at radius 3 is 2.35 bits per heavy atom. The molecular formula is C38H33Cl2N3O9. The SMILES string of the molecule is COC(=O)N1C(=O)[C@H]2[C@H](CC=C3[C@H]2C[C@H]2C(=O)N(Nc4ccc(Cl)cc4Cl)C(=O)[C@@]2(c2ccc(OC)cc2)[C@H]3C=Cc2ccc(O)c(OC)c2)C1=O. The number of nitrogens with one attached hydrogen (secondary N) is 1. The van der Waals surface area contributed by atoms with Crippen LogP contribution in [0.5, 0.6) is 17.2 Å². The van der Waals surface area contributed by atoms with Crippen LogP contribution in [0.3, 0.4) is 0 Å². The zero-order chi connectivity index (χ0) is 37.1. The van der Waals surface area contributed by atoms with E-state index in [1.807, 2.05) is 12.2 Å². The molecule has 2 N–H and O–H groups in total. The summed E-state index contributed by atoms with van der Waals surface area (Å²) >= 11 is 12.6. The molecule has 2 aliphatic heterocycles. The highest BCUT2D eigenvalue weighted by atomic mass is 35.5. The van der Waals surface area contributed by atoms with Gasteiger partial charge < -0.3 is 19.3 Å². The Labute approximate surface area is 308 Å². The normalized spacial score (nSPS) is 26.6. The highest BCUT2D eigenvalue weighted by Gasteiger charge is 2.70. The first-order valence-corrected chi connectivity index (χ1v) is 17.2. The number of phenols is 1. The van der Waals surface area contributed by atoms with Crippen LogP contribution in [0.4, 0.5) is 10.5 Å². The van der Waals surface area contributed by atoms with E-state index < -0.39 is 64.7 Å². The van der Waals surface area contributed by atoms with Gasteiger partial charge in [-0.05, 0) is 72.4 Å². The number of phenolic OH excluding ortho intramolecular Hbond substituents is 1. The number of nitrogens with zero attached hydrogens (tertiary/aromatic N) is 2. The number of hydrazine groups is 1. The van der Waals surface area contributed by atoms with Crippen molar-refractivity contribution >= 4 is 64.7 Å². The molecular weight excluding hydrogens is 713 g/mol. The van der Waals surface area contributed by atoms with Crippen LogP contribution in [-0.4, -0.2) is 66.1 Å². The van der Waals surface area contributed by atoms with Gasteiger partial charge in [-0.3, -0.25) is 24.6 Å². The van der Waals surface area contributed by atoms with E-state index in [-0.39, 0.29) is 35.1 Å². The molecule has 0 aromatic heterocycles. The molecule has 268 valence electrons. The molecule has 6 atom stereocenters. The van der Waals surface area contributed by atoms with E-state index in [4.69, 9.17) is 37.4 Å². The molecule has 2 aliphatic carbocycles. The lowest BCUT2D eigenvalue weighted by Crippen LogP contribution is -2.54. The van der Waals surface area contributed by atoms with Crippen LogP contribution < -0.4 is 14.9 Å². The summed E-state index contributed by atoms with van der Waals surface area (Å²) in [4.78, 5) is 70.5. The molecule has 0 radical (unpaired) electrons. The average molecular weight is 747 g/mol. The fourth-order valence-electron chi connectivity index (χ4n) is 8.37. The van der Waals surface area contributed by atoms with Crippen molar-refractivity contribution in [3.8, 4) is 17.2 Å². The molecule has 3 fully saturated rings. The molecule has 5 amide bonds. The number of carbonyl (C=O) groups excluding carboxylic acids is 5. The largest absolute Gasteiger partial charge is 0.504 e. The van der Waals surface area contributed by atoms with E-state index in [9.17, 15) is 24.3 Å². The van der Waals surface area contributed by atoms with Gasteiger partial charge in [-0.15, -0.1) is 0 Å². The summed E-state index contributed by atoms with van der Waals surface area (Å²) in [5.41, 5.74) is 3.46. The molecule has 3 aromatic rings. The molecule has 4 aliphatic rings. The van der Waals surface area contributed by atoms with Gasteiger partial charge in [-0.25, -0.2) is 4.79 Å². The van der Waals surface area contributed by atoms with Crippen LogP contribution in [0.25, 0.3) is 6.08 Å². The molecule has 0 bridgehead atoms. The van der Waals surface area contributed by atoms with Gasteiger partial charge >= 0.3 is 6.09 Å². The van der Waals surface area contributed by atoms with Gasteiger partial charge in [0.15, 0.2) is 11.5 Å². The van der Waals surface area contributed by atoms with E-state index in [0.29, 0.717) is 32.4 Å². The topological polar surface area (TPSA) is 152 Å². The minimum absolute atomic E-state index is 0.0154.